The van der Waals surface area contributed by atoms with Crippen molar-refractivity contribution in [1.29, 1.82) is 0 Å². The molecular formula is C18H19N3O3. The number of carbonyl (C=O) groups is 2. The highest BCUT2D eigenvalue weighted by Crippen LogP contribution is 2.26. The van der Waals surface area contributed by atoms with Crippen LogP contribution in [0.25, 0.3) is 0 Å². The van der Waals surface area contributed by atoms with E-state index < -0.39 is 5.92 Å². The molecule has 2 aromatic rings. The van der Waals surface area contributed by atoms with Crippen LogP contribution >= 0.6 is 0 Å². The molecule has 1 saturated heterocycles. The summed E-state index contributed by atoms with van der Waals surface area (Å²) in [6, 6.07) is 9.34. The molecule has 1 aromatic carbocycles. The predicted molar refractivity (Wildman–Crippen MR) is 90.8 cm³/mol. The summed E-state index contributed by atoms with van der Waals surface area (Å²) in [7, 11) is 0. The Morgan fingerprint density at radius 2 is 2.17 bits per heavy atom. The van der Waals surface area contributed by atoms with Gasteiger partial charge in [0, 0.05) is 18.7 Å². The zero-order valence-corrected chi connectivity index (χ0v) is 13.7. The van der Waals surface area contributed by atoms with Crippen molar-refractivity contribution in [2.24, 2.45) is 11.0 Å². The first-order valence-corrected chi connectivity index (χ1v) is 7.78. The first-order valence-electron chi connectivity index (χ1n) is 7.78. The summed E-state index contributed by atoms with van der Waals surface area (Å²) in [5, 5.41) is 3.86. The molecule has 1 atom stereocenters. The van der Waals surface area contributed by atoms with Crippen LogP contribution in [0.15, 0.2) is 46.1 Å². The van der Waals surface area contributed by atoms with Gasteiger partial charge in [0.25, 0.3) is 0 Å². The quantitative estimate of drug-likeness (QED) is 0.693. The summed E-state index contributed by atoms with van der Waals surface area (Å²) >= 11 is 0. The van der Waals surface area contributed by atoms with Gasteiger partial charge in [-0.15, -0.1) is 0 Å². The van der Waals surface area contributed by atoms with Gasteiger partial charge in [-0.05, 0) is 49.2 Å². The molecule has 0 saturated carbocycles. The van der Waals surface area contributed by atoms with Gasteiger partial charge >= 0.3 is 0 Å². The van der Waals surface area contributed by atoms with Crippen molar-refractivity contribution in [3.63, 3.8) is 0 Å². The van der Waals surface area contributed by atoms with Gasteiger partial charge in [0.2, 0.25) is 11.8 Å². The van der Waals surface area contributed by atoms with E-state index in [4.69, 9.17) is 4.42 Å². The van der Waals surface area contributed by atoms with E-state index in [2.05, 4.69) is 10.5 Å². The van der Waals surface area contributed by atoms with E-state index in [1.807, 2.05) is 32.0 Å². The Kier molecular flexibility index (Phi) is 4.46. The minimum atomic E-state index is -0.409. The number of nitrogens with one attached hydrogen (secondary N) is 1. The molecule has 6 heteroatoms. The molecule has 0 radical (unpaired) electrons. The zero-order chi connectivity index (χ0) is 17.1. The number of aryl methyl sites for hydroxylation is 2. The van der Waals surface area contributed by atoms with Crippen molar-refractivity contribution in [1.82, 2.24) is 5.43 Å². The Labute approximate surface area is 140 Å². The van der Waals surface area contributed by atoms with Crippen LogP contribution in [0.2, 0.25) is 0 Å². The molecule has 1 aliphatic rings. The maximum Gasteiger partial charge on any atom is 0.245 e. The van der Waals surface area contributed by atoms with Gasteiger partial charge < -0.3 is 9.32 Å². The highest BCUT2D eigenvalue weighted by Gasteiger charge is 2.35. The molecule has 0 spiro atoms. The number of hydrogen-bond donors (Lipinski definition) is 1. The Morgan fingerprint density at radius 3 is 2.88 bits per heavy atom. The second-order valence-corrected chi connectivity index (χ2v) is 5.92. The molecule has 0 unspecified atom stereocenters. The topological polar surface area (TPSA) is 74.9 Å². The number of amides is 2. The smallest absolute Gasteiger partial charge is 0.245 e. The molecule has 1 fully saturated rings. The van der Waals surface area contributed by atoms with Gasteiger partial charge in [0.1, 0.15) is 5.76 Å². The van der Waals surface area contributed by atoms with Crippen LogP contribution in [0.5, 0.6) is 0 Å². The van der Waals surface area contributed by atoms with E-state index >= 15 is 0 Å². The second-order valence-electron chi connectivity index (χ2n) is 5.92. The number of anilines is 1. The van der Waals surface area contributed by atoms with E-state index in [1.165, 1.54) is 18.0 Å². The van der Waals surface area contributed by atoms with Crippen LogP contribution in [0, 0.1) is 19.8 Å². The van der Waals surface area contributed by atoms with Crippen LogP contribution in [-0.2, 0) is 9.59 Å². The van der Waals surface area contributed by atoms with Crippen molar-refractivity contribution in [3.05, 3.63) is 53.5 Å². The van der Waals surface area contributed by atoms with Crippen LogP contribution in [0.1, 0.15) is 23.3 Å². The van der Waals surface area contributed by atoms with Crippen LogP contribution < -0.4 is 10.3 Å². The molecule has 6 nitrogen and oxygen atoms in total. The number of hydrogen-bond acceptors (Lipinski definition) is 4. The Bertz CT molecular complexity index is 781. The van der Waals surface area contributed by atoms with Gasteiger partial charge in [-0.2, -0.15) is 5.10 Å². The summed E-state index contributed by atoms with van der Waals surface area (Å²) in [4.78, 5) is 26.1. The van der Waals surface area contributed by atoms with Gasteiger partial charge in [0.05, 0.1) is 18.4 Å². The van der Waals surface area contributed by atoms with E-state index in [0.717, 1.165) is 11.3 Å². The normalized spacial score (nSPS) is 17.7. The van der Waals surface area contributed by atoms with Crippen LogP contribution in [0.4, 0.5) is 5.69 Å². The Morgan fingerprint density at radius 1 is 1.33 bits per heavy atom. The summed E-state index contributed by atoms with van der Waals surface area (Å²) < 4.78 is 5.09. The lowest BCUT2D eigenvalue weighted by Crippen LogP contribution is -2.30. The average molecular weight is 325 g/mol. The number of carbonyl (C=O) groups excluding carboxylic acids is 2. The third kappa shape index (κ3) is 3.37. The number of furan rings is 1. The molecule has 0 aliphatic carbocycles. The van der Waals surface area contributed by atoms with Gasteiger partial charge in [-0.1, -0.05) is 6.07 Å². The molecule has 124 valence electrons. The molecule has 1 N–H and O–H groups in total. The summed E-state index contributed by atoms with van der Waals surface area (Å²) in [6.45, 7) is 4.40. The Balaban J connectivity index is 1.63. The predicted octanol–water partition coefficient (Wildman–Crippen LogP) is 2.40. The molecule has 2 heterocycles. The summed E-state index contributed by atoms with van der Waals surface area (Å²) in [6.07, 6.45) is 3.14. The number of nitrogens with zero attached hydrogens (tertiary/aromatic N) is 2. The summed E-state index contributed by atoms with van der Waals surface area (Å²) in [5.74, 6) is -0.173. The van der Waals surface area contributed by atoms with E-state index in [0.29, 0.717) is 12.3 Å². The molecule has 0 bridgehead atoms. The lowest BCUT2D eigenvalue weighted by molar-refractivity contribution is -0.126. The SMILES string of the molecule is Cc1ccc(N2C[C@H](C(=O)N/N=C\c3ccco3)CC2=O)cc1C. The monoisotopic (exact) mass is 325 g/mol. The van der Waals surface area contributed by atoms with Gasteiger partial charge in [-0.25, -0.2) is 5.43 Å². The maximum absolute atomic E-state index is 12.2. The number of benzene rings is 1. The fourth-order valence-electron chi connectivity index (χ4n) is 2.64. The largest absolute Gasteiger partial charge is 0.463 e. The van der Waals surface area contributed by atoms with Gasteiger partial charge in [0.15, 0.2) is 0 Å². The molecule has 3 rings (SSSR count). The number of rotatable bonds is 4. The standard InChI is InChI=1S/C18H19N3O3/c1-12-5-6-15(8-13(12)2)21-11-14(9-17(21)22)18(23)20-19-10-16-4-3-7-24-16/h3-8,10,14H,9,11H2,1-2H3,(H,20,23)/b19-10-/t14-/m1/s1. The van der Waals surface area contributed by atoms with Crippen LogP contribution in [0.3, 0.4) is 0 Å². The highest BCUT2D eigenvalue weighted by atomic mass is 16.3. The van der Waals surface area contributed by atoms with Gasteiger partial charge in [-0.3, -0.25) is 9.59 Å². The minimum Gasteiger partial charge on any atom is -0.463 e. The Hall–Kier alpha value is -2.89. The van der Waals surface area contributed by atoms with E-state index in [-0.39, 0.29) is 18.2 Å². The second kappa shape index (κ2) is 6.70. The number of hydrazone groups is 1. The molecule has 2 amide bonds. The average Bonchev–Trinajstić information content (AvgIpc) is 3.20. The first kappa shape index (κ1) is 16.0. The minimum absolute atomic E-state index is 0.0478. The summed E-state index contributed by atoms with van der Waals surface area (Å²) in [5.41, 5.74) is 5.59. The lowest BCUT2D eigenvalue weighted by atomic mass is 10.1. The first-order chi connectivity index (χ1) is 11.5. The van der Waals surface area contributed by atoms with E-state index in [9.17, 15) is 9.59 Å². The molecule has 24 heavy (non-hydrogen) atoms. The van der Waals surface area contributed by atoms with Crippen molar-refractivity contribution >= 4 is 23.7 Å². The highest BCUT2D eigenvalue weighted by molar-refractivity contribution is 6.00. The third-order valence-corrected chi connectivity index (χ3v) is 4.21. The van der Waals surface area contributed by atoms with Crippen molar-refractivity contribution in [2.45, 2.75) is 20.3 Å². The maximum atomic E-state index is 12.2. The molecule has 1 aliphatic heterocycles. The molecular weight excluding hydrogens is 306 g/mol. The van der Waals surface area contributed by atoms with Crippen LogP contribution in [-0.4, -0.2) is 24.6 Å². The lowest BCUT2D eigenvalue weighted by Gasteiger charge is -2.17. The fraction of sp³-hybridized carbons (Fsp3) is 0.278. The van der Waals surface area contributed by atoms with Crippen molar-refractivity contribution in [3.8, 4) is 0 Å². The molecule has 1 aromatic heterocycles. The van der Waals surface area contributed by atoms with Crippen molar-refractivity contribution < 1.29 is 14.0 Å². The zero-order valence-electron chi connectivity index (χ0n) is 13.7. The third-order valence-electron chi connectivity index (χ3n) is 4.21. The fourth-order valence-corrected chi connectivity index (χ4v) is 2.64. The van der Waals surface area contributed by atoms with Crippen molar-refractivity contribution in [2.75, 3.05) is 11.4 Å². The van der Waals surface area contributed by atoms with E-state index in [1.54, 1.807) is 17.0 Å².